The Morgan fingerprint density at radius 2 is 2.35 bits per heavy atom. The molecule has 6 heteroatoms. The van der Waals surface area contributed by atoms with Gasteiger partial charge in [0.15, 0.2) is 0 Å². The van der Waals surface area contributed by atoms with E-state index in [1.165, 1.54) is 0 Å². The Hall–Kier alpha value is -1.40. The van der Waals surface area contributed by atoms with E-state index >= 15 is 0 Å². The van der Waals surface area contributed by atoms with Crippen molar-refractivity contribution in [1.82, 2.24) is 20.2 Å². The van der Waals surface area contributed by atoms with Crippen molar-refractivity contribution >= 4 is 5.91 Å². The minimum Gasteiger partial charge on any atom is -0.379 e. The van der Waals surface area contributed by atoms with Gasteiger partial charge in [-0.15, -0.1) is 0 Å². The van der Waals surface area contributed by atoms with Crippen LogP contribution in [0, 0.1) is 0 Å². The van der Waals surface area contributed by atoms with Crippen LogP contribution in [-0.2, 0) is 16.0 Å². The number of hydrogen-bond acceptors (Lipinski definition) is 4. The van der Waals surface area contributed by atoms with Gasteiger partial charge in [-0.2, -0.15) is 0 Å². The Bertz CT molecular complexity index is 333. The van der Waals surface area contributed by atoms with Crippen molar-refractivity contribution in [3.63, 3.8) is 0 Å². The third kappa shape index (κ3) is 4.16. The van der Waals surface area contributed by atoms with Gasteiger partial charge in [-0.1, -0.05) is 0 Å². The van der Waals surface area contributed by atoms with Crippen LogP contribution in [0.3, 0.4) is 0 Å². The second-order valence-corrected chi connectivity index (χ2v) is 4.06. The predicted octanol–water partition coefficient (Wildman–Crippen LogP) is -0.599. The van der Waals surface area contributed by atoms with Gasteiger partial charge in [0, 0.05) is 38.1 Å². The number of rotatable bonds is 5. The van der Waals surface area contributed by atoms with E-state index in [0.717, 1.165) is 38.5 Å². The molecule has 2 heterocycles. The van der Waals surface area contributed by atoms with E-state index in [0.29, 0.717) is 13.0 Å². The molecule has 1 fully saturated rings. The van der Waals surface area contributed by atoms with Gasteiger partial charge < -0.3 is 15.0 Å². The van der Waals surface area contributed by atoms with Crippen LogP contribution >= 0.6 is 0 Å². The van der Waals surface area contributed by atoms with Crippen molar-refractivity contribution in [2.24, 2.45) is 0 Å². The minimum absolute atomic E-state index is 0.0301. The molecule has 1 saturated heterocycles. The molecular weight excluding hydrogens is 220 g/mol. The van der Waals surface area contributed by atoms with Crippen LogP contribution in [-0.4, -0.2) is 60.2 Å². The number of aromatic amines is 1. The zero-order valence-corrected chi connectivity index (χ0v) is 9.82. The van der Waals surface area contributed by atoms with E-state index in [-0.39, 0.29) is 5.91 Å². The number of H-pyrrole nitrogens is 1. The highest BCUT2D eigenvalue weighted by Crippen LogP contribution is 1.95. The van der Waals surface area contributed by atoms with Gasteiger partial charge in [0.2, 0.25) is 5.91 Å². The molecule has 0 saturated carbocycles. The Balaban J connectivity index is 1.59. The molecule has 1 aliphatic rings. The fourth-order valence-corrected chi connectivity index (χ4v) is 1.80. The lowest BCUT2D eigenvalue weighted by molar-refractivity contribution is -0.120. The summed E-state index contributed by atoms with van der Waals surface area (Å²) in [5.74, 6) is 0.0301. The SMILES string of the molecule is O=C(Cc1cnc[nH]1)NCCN1CCOCC1. The molecule has 17 heavy (non-hydrogen) atoms. The molecule has 1 amide bonds. The Labute approximate surface area is 100 Å². The highest BCUT2D eigenvalue weighted by Gasteiger charge is 2.10. The summed E-state index contributed by atoms with van der Waals surface area (Å²) in [7, 11) is 0. The first-order valence-electron chi connectivity index (χ1n) is 5.88. The summed E-state index contributed by atoms with van der Waals surface area (Å²) in [5.41, 5.74) is 0.842. The maximum Gasteiger partial charge on any atom is 0.226 e. The normalized spacial score (nSPS) is 16.9. The van der Waals surface area contributed by atoms with Crippen LogP contribution < -0.4 is 5.32 Å². The van der Waals surface area contributed by atoms with Crippen LogP contribution in [0.15, 0.2) is 12.5 Å². The summed E-state index contributed by atoms with van der Waals surface area (Å²) in [6.45, 7) is 5.07. The van der Waals surface area contributed by atoms with Crippen molar-refractivity contribution in [2.45, 2.75) is 6.42 Å². The van der Waals surface area contributed by atoms with Crippen molar-refractivity contribution in [2.75, 3.05) is 39.4 Å². The maximum atomic E-state index is 11.5. The number of ether oxygens (including phenoxy) is 1. The molecule has 0 spiro atoms. The number of carbonyl (C=O) groups excluding carboxylic acids is 1. The first kappa shape index (κ1) is 12.1. The maximum absolute atomic E-state index is 11.5. The molecule has 1 aromatic rings. The van der Waals surface area contributed by atoms with Gasteiger partial charge in [-0.25, -0.2) is 4.98 Å². The average Bonchev–Trinajstić information content (AvgIpc) is 2.83. The number of carbonyl (C=O) groups is 1. The number of nitrogens with zero attached hydrogens (tertiary/aromatic N) is 2. The number of hydrogen-bond donors (Lipinski definition) is 2. The van der Waals surface area contributed by atoms with Crippen molar-refractivity contribution in [1.29, 1.82) is 0 Å². The average molecular weight is 238 g/mol. The number of aromatic nitrogens is 2. The van der Waals surface area contributed by atoms with Gasteiger partial charge >= 0.3 is 0 Å². The Morgan fingerprint density at radius 1 is 1.53 bits per heavy atom. The third-order valence-electron chi connectivity index (χ3n) is 2.76. The molecule has 0 aliphatic carbocycles. The van der Waals surface area contributed by atoms with E-state index in [2.05, 4.69) is 20.2 Å². The number of imidazole rings is 1. The molecule has 1 aliphatic heterocycles. The summed E-state index contributed by atoms with van der Waals surface area (Å²) in [6, 6.07) is 0. The molecule has 2 rings (SSSR count). The second-order valence-electron chi connectivity index (χ2n) is 4.06. The second kappa shape index (κ2) is 6.36. The van der Waals surface area contributed by atoms with Crippen molar-refractivity contribution < 1.29 is 9.53 Å². The van der Waals surface area contributed by atoms with Gasteiger partial charge in [0.1, 0.15) is 0 Å². The molecule has 0 unspecified atom stereocenters. The van der Waals surface area contributed by atoms with E-state index in [4.69, 9.17) is 4.74 Å². The Kier molecular flexibility index (Phi) is 4.52. The van der Waals surface area contributed by atoms with Gasteiger partial charge in [-0.05, 0) is 0 Å². The van der Waals surface area contributed by atoms with Crippen LogP contribution in [0.4, 0.5) is 0 Å². The standard InChI is InChI=1S/C11H18N4O2/c16-11(7-10-8-12-9-14-10)13-1-2-15-3-5-17-6-4-15/h8-9H,1-7H2,(H,12,14)(H,13,16). The van der Waals surface area contributed by atoms with Gasteiger partial charge in [-0.3, -0.25) is 9.69 Å². The summed E-state index contributed by atoms with van der Waals surface area (Å²) < 4.78 is 5.26. The van der Waals surface area contributed by atoms with Crippen LogP contribution in [0.5, 0.6) is 0 Å². The van der Waals surface area contributed by atoms with E-state index in [9.17, 15) is 4.79 Å². The van der Waals surface area contributed by atoms with Crippen molar-refractivity contribution in [3.05, 3.63) is 18.2 Å². The summed E-state index contributed by atoms with van der Waals surface area (Å²) >= 11 is 0. The first-order valence-corrected chi connectivity index (χ1v) is 5.88. The smallest absolute Gasteiger partial charge is 0.226 e. The summed E-state index contributed by atoms with van der Waals surface area (Å²) in [5, 5.41) is 2.90. The summed E-state index contributed by atoms with van der Waals surface area (Å²) in [4.78, 5) is 20.6. The monoisotopic (exact) mass is 238 g/mol. The molecule has 0 radical (unpaired) electrons. The molecule has 6 nitrogen and oxygen atoms in total. The van der Waals surface area contributed by atoms with Crippen LogP contribution in [0.2, 0.25) is 0 Å². The lowest BCUT2D eigenvalue weighted by Gasteiger charge is -2.26. The molecule has 0 bridgehead atoms. The van der Waals surface area contributed by atoms with E-state index < -0.39 is 0 Å². The van der Waals surface area contributed by atoms with Gasteiger partial charge in [0.05, 0.1) is 26.0 Å². The number of morpholine rings is 1. The zero-order chi connectivity index (χ0) is 11.9. The quantitative estimate of drug-likeness (QED) is 0.718. The fourth-order valence-electron chi connectivity index (χ4n) is 1.80. The fraction of sp³-hybridized carbons (Fsp3) is 0.636. The first-order chi connectivity index (χ1) is 8.34. The Morgan fingerprint density at radius 3 is 3.06 bits per heavy atom. The minimum atomic E-state index is 0.0301. The molecule has 0 aromatic carbocycles. The number of nitrogens with one attached hydrogen (secondary N) is 2. The molecule has 0 atom stereocenters. The lowest BCUT2D eigenvalue weighted by Crippen LogP contribution is -2.41. The van der Waals surface area contributed by atoms with Crippen LogP contribution in [0.25, 0.3) is 0 Å². The molecule has 1 aromatic heterocycles. The third-order valence-corrected chi connectivity index (χ3v) is 2.76. The molecule has 2 N–H and O–H groups in total. The molecule has 94 valence electrons. The van der Waals surface area contributed by atoms with Crippen LogP contribution in [0.1, 0.15) is 5.69 Å². The zero-order valence-electron chi connectivity index (χ0n) is 9.82. The van der Waals surface area contributed by atoms with E-state index in [1.807, 2.05) is 0 Å². The largest absolute Gasteiger partial charge is 0.379 e. The highest BCUT2D eigenvalue weighted by atomic mass is 16.5. The van der Waals surface area contributed by atoms with Gasteiger partial charge in [0.25, 0.3) is 0 Å². The topological polar surface area (TPSA) is 70.2 Å². The summed E-state index contributed by atoms with van der Waals surface area (Å²) in [6.07, 6.45) is 3.61. The van der Waals surface area contributed by atoms with Crippen molar-refractivity contribution in [3.8, 4) is 0 Å². The predicted molar refractivity (Wildman–Crippen MR) is 62.6 cm³/mol. The lowest BCUT2D eigenvalue weighted by atomic mass is 10.3. The highest BCUT2D eigenvalue weighted by molar-refractivity contribution is 5.77. The van der Waals surface area contributed by atoms with E-state index in [1.54, 1.807) is 12.5 Å². The number of amides is 1. The molecular formula is C11H18N4O2.